The van der Waals surface area contributed by atoms with Crippen LogP contribution >= 0.6 is 23.2 Å². The van der Waals surface area contributed by atoms with Crippen LogP contribution in [0.3, 0.4) is 0 Å². The average Bonchev–Trinajstić information content (AvgIpc) is 3.68. The summed E-state index contributed by atoms with van der Waals surface area (Å²) in [6.07, 6.45) is 8.55. The maximum absolute atomic E-state index is 6.45. The van der Waals surface area contributed by atoms with Gasteiger partial charge in [0, 0.05) is 65.4 Å². The van der Waals surface area contributed by atoms with Crippen molar-refractivity contribution in [2.24, 2.45) is 5.10 Å². The molecule has 2 aromatic carbocycles. The standard InChI is InChI=1S/C27H28Cl2N8/c28-21-10-9-19(23(29)15-21)17-37-18-20(22-7-1-2-8-24(22)37)16-30-34-25-31-26(35-11-3-4-12-35)33-27(32-25)36-13-5-6-14-36/h1-2,7-10,15-16,18H,3-6,11-14,17H2,(H,31,32,33,34)/b30-16+. The van der Waals surface area contributed by atoms with Crippen molar-refractivity contribution in [3.05, 3.63) is 69.8 Å². The smallest absolute Gasteiger partial charge is 0.250 e. The summed E-state index contributed by atoms with van der Waals surface area (Å²) in [7, 11) is 0. The summed E-state index contributed by atoms with van der Waals surface area (Å²) in [5.41, 5.74) is 6.16. The molecular weight excluding hydrogens is 507 g/mol. The first-order valence-corrected chi connectivity index (χ1v) is 13.5. The molecule has 0 aliphatic carbocycles. The van der Waals surface area contributed by atoms with Crippen LogP contribution in [0.5, 0.6) is 0 Å². The zero-order chi connectivity index (χ0) is 25.2. The maximum atomic E-state index is 6.45. The molecule has 0 unspecified atom stereocenters. The second-order valence-electron chi connectivity index (χ2n) is 9.48. The van der Waals surface area contributed by atoms with Gasteiger partial charge >= 0.3 is 0 Å². The SMILES string of the molecule is Clc1ccc(Cn2cc(/C=N/Nc3nc(N4CCCC4)nc(N4CCCC4)n3)c3ccccc32)c(Cl)c1. The Morgan fingerprint density at radius 2 is 1.54 bits per heavy atom. The van der Waals surface area contributed by atoms with E-state index in [0.29, 0.717) is 22.5 Å². The maximum Gasteiger partial charge on any atom is 0.250 e. The summed E-state index contributed by atoms with van der Waals surface area (Å²) in [5, 5.41) is 6.91. The molecule has 0 spiro atoms. The van der Waals surface area contributed by atoms with Gasteiger partial charge in [-0.1, -0.05) is 47.5 Å². The normalized spacial score (nSPS) is 15.9. The minimum atomic E-state index is 0.465. The Bertz CT molecular complexity index is 1400. The number of hydrogen-bond acceptors (Lipinski definition) is 7. The third-order valence-electron chi connectivity index (χ3n) is 6.93. The second kappa shape index (κ2) is 10.6. The van der Waals surface area contributed by atoms with Gasteiger partial charge in [0.25, 0.3) is 0 Å². The minimum absolute atomic E-state index is 0.465. The zero-order valence-electron chi connectivity index (χ0n) is 20.4. The number of benzene rings is 2. The van der Waals surface area contributed by atoms with E-state index in [9.17, 15) is 0 Å². The van der Waals surface area contributed by atoms with E-state index in [1.54, 1.807) is 6.07 Å². The summed E-state index contributed by atoms with van der Waals surface area (Å²) in [6.45, 7) is 4.53. The largest absolute Gasteiger partial charge is 0.342 e. The van der Waals surface area contributed by atoms with Crippen molar-refractivity contribution >= 4 is 58.2 Å². The Kier molecular flexibility index (Phi) is 6.85. The lowest BCUT2D eigenvalue weighted by atomic mass is 10.2. The van der Waals surface area contributed by atoms with Gasteiger partial charge in [-0.3, -0.25) is 0 Å². The van der Waals surface area contributed by atoms with Gasteiger partial charge in [0.15, 0.2) is 0 Å². The molecule has 2 aromatic heterocycles. The van der Waals surface area contributed by atoms with Crippen LogP contribution in [0, 0.1) is 0 Å². The Labute approximate surface area is 225 Å². The molecule has 2 aliphatic heterocycles. The van der Waals surface area contributed by atoms with Gasteiger partial charge < -0.3 is 14.4 Å². The topological polar surface area (TPSA) is 74.5 Å². The van der Waals surface area contributed by atoms with E-state index in [-0.39, 0.29) is 0 Å². The van der Waals surface area contributed by atoms with Crippen LogP contribution in [0.1, 0.15) is 36.8 Å². The van der Waals surface area contributed by atoms with Crippen molar-refractivity contribution < 1.29 is 0 Å². The molecule has 2 aliphatic rings. The van der Waals surface area contributed by atoms with Gasteiger partial charge in [-0.05, 0) is 49.4 Å². The van der Waals surface area contributed by atoms with E-state index >= 15 is 0 Å². The fourth-order valence-corrected chi connectivity index (χ4v) is 5.49. The number of hydrogen-bond donors (Lipinski definition) is 1. The van der Waals surface area contributed by atoms with Gasteiger partial charge in [0.2, 0.25) is 17.8 Å². The molecule has 37 heavy (non-hydrogen) atoms. The number of hydrazone groups is 1. The highest BCUT2D eigenvalue weighted by atomic mass is 35.5. The lowest BCUT2D eigenvalue weighted by Crippen LogP contribution is -2.25. The van der Waals surface area contributed by atoms with Crippen LogP contribution in [-0.4, -0.2) is 51.9 Å². The van der Waals surface area contributed by atoms with Crippen LogP contribution in [0.2, 0.25) is 10.0 Å². The lowest BCUT2D eigenvalue weighted by molar-refractivity contribution is 0.836. The monoisotopic (exact) mass is 534 g/mol. The van der Waals surface area contributed by atoms with Crippen LogP contribution < -0.4 is 15.2 Å². The number of para-hydroxylation sites is 1. The lowest BCUT2D eigenvalue weighted by Gasteiger charge is -2.20. The number of nitrogens with one attached hydrogen (secondary N) is 1. The molecule has 6 rings (SSSR count). The van der Waals surface area contributed by atoms with E-state index in [4.69, 9.17) is 28.2 Å². The number of aromatic nitrogens is 4. The van der Waals surface area contributed by atoms with Crippen LogP contribution in [0.15, 0.2) is 53.8 Å². The average molecular weight is 535 g/mol. The molecule has 0 saturated carbocycles. The van der Waals surface area contributed by atoms with Gasteiger partial charge in [-0.25, -0.2) is 5.43 Å². The highest BCUT2D eigenvalue weighted by Gasteiger charge is 2.21. The van der Waals surface area contributed by atoms with Crippen molar-refractivity contribution in [3.8, 4) is 0 Å². The van der Waals surface area contributed by atoms with Gasteiger partial charge in [0.1, 0.15) is 0 Å². The Balaban J connectivity index is 1.27. The molecule has 2 saturated heterocycles. The predicted molar refractivity (Wildman–Crippen MR) is 151 cm³/mol. The van der Waals surface area contributed by atoms with Gasteiger partial charge in [-0.15, -0.1) is 0 Å². The quantitative estimate of drug-likeness (QED) is 0.237. The summed E-state index contributed by atoms with van der Waals surface area (Å²) >= 11 is 12.5. The number of halogens is 2. The molecule has 8 nitrogen and oxygen atoms in total. The van der Waals surface area contributed by atoms with Crippen molar-refractivity contribution in [2.45, 2.75) is 32.2 Å². The molecule has 0 bridgehead atoms. The number of anilines is 3. The van der Waals surface area contributed by atoms with Crippen molar-refractivity contribution in [3.63, 3.8) is 0 Å². The Morgan fingerprint density at radius 3 is 2.22 bits per heavy atom. The van der Waals surface area contributed by atoms with Crippen molar-refractivity contribution in [2.75, 3.05) is 41.4 Å². The van der Waals surface area contributed by atoms with Gasteiger partial charge in [-0.2, -0.15) is 20.1 Å². The van der Waals surface area contributed by atoms with Crippen LogP contribution in [0.4, 0.5) is 17.8 Å². The van der Waals surface area contributed by atoms with E-state index < -0.39 is 0 Å². The summed E-state index contributed by atoms with van der Waals surface area (Å²) < 4.78 is 2.17. The number of fused-ring (bicyclic) bond motifs is 1. The van der Waals surface area contributed by atoms with Crippen LogP contribution in [-0.2, 0) is 6.54 Å². The molecule has 4 aromatic rings. The fourth-order valence-electron chi connectivity index (χ4n) is 5.02. The highest BCUT2D eigenvalue weighted by Crippen LogP contribution is 2.26. The molecule has 10 heteroatoms. The molecule has 1 N–H and O–H groups in total. The molecule has 2 fully saturated rings. The molecule has 0 radical (unpaired) electrons. The molecular formula is C27H28Cl2N8. The molecule has 4 heterocycles. The first-order chi connectivity index (χ1) is 18.1. The Hall–Kier alpha value is -3.36. The summed E-state index contributed by atoms with van der Waals surface area (Å²) in [5.74, 6) is 1.92. The van der Waals surface area contributed by atoms with E-state index in [1.165, 1.54) is 0 Å². The van der Waals surface area contributed by atoms with E-state index in [1.807, 2.05) is 30.5 Å². The highest BCUT2D eigenvalue weighted by molar-refractivity contribution is 6.35. The molecule has 0 atom stereocenters. The predicted octanol–water partition coefficient (Wildman–Crippen LogP) is 5.83. The fraction of sp³-hybridized carbons (Fsp3) is 0.333. The first-order valence-electron chi connectivity index (χ1n) is 12.7. The third-order valence-corrected chi connectivity index (χ3v) is 7.52. The third kappa shape index (κ3) is 5.22. The van der Waals surface area contributed by atoms with Crippen molar-refractivity contribution in [1.29, 1.82) is 0 Å². The summed E-state index contributed by atoms with van der Waals surface area (Å²) in [6, 6.07) is 13.9. The molecule has 190 valence electrons. The minimum Gasteiger partial charge on any atom is -0.342 e. The van der Waals surface area contributed by atoms with Gasteiger partial charge in [0.05, 0.1) is 6.21 Å². The zero-order valence-corrected chi connectivity index (χ0v) is 22.0. The second-order valence-corrected chi connectivity index (χ2v) is 10.3. The van der Waals surface area contributed by atoms with E-state index in [2.05, 4.69) is 53.2 Å². The summed E-state index contributed by atoms with van der Waals surface area (Å²) in [4.78, 5) is 18.6. The molecule has 0 amide bonds. The van der Waals surface area contributed by atoms with Crippen molar-refractivity contribution in [1.82, 2.24) is 19.5 Å². The van der Waals surface area contributed by atoms with E-state index in [0.717, 1.165) is 85.8 Å². The van der Waals surface area contributed by atoms with Crippen LogP contribution in [0.25, 0.3) is 10.9 Å². The number of nitrogens with zero attached hydrogens (tertiary/aromatic N) is 7. The Morgan fingerprint density at radius 1 is 0.865 bits per heavy atom. The first kappa shape index (κ1) is 24.0. The number of rotatable bonds is 7.